The molecule has 0 saturated carbocycles. The summed E-state index contributed by atoms with van der Waals surface area (Å²) in [5, 5.41) is 0.590. The van der Waals surface area contributed by atoms with Crippen molar-refractivity contribution in [2.45, 2.75) is 6.92 Å². The van der Waals surface area contributed by atoms with E-state index in [-0.39, 0.29) is 5.78 Å². The molecule has 0 aliphatic heterocycles. The Morgan fingerprint density at radius 1 is 1.33 bits per heavy atom. The van der Waals surface area contributed by atoms with E-state index in [1.807, 2.05) is 0 Å². The average Bonchev–Trinajstić information content (AvgIpc) is 2.00. The molecule has 1 nitrogen and oxygen atoms in total. The van der Waals surface area contributed by atoms with Gasteiger partial charge in [-0.1, -0.05) is 11.6 Å². The van der Waals surface area contributed by atoms with Gasteiger partial charge >= 0.3 is 0 Å². The fourth-order valence-electron chi connectivity index (χ4n) is 0.798. The number of rotatable bonds is 1. The highest BCUT2D eigenvalue weighted by molar-refractivity contribution is 9.13. The van der Waals surface area contributed by atoms with Crippen LogP contribution in [0.15, 0.2) is 21.1 Å². The molecule has 0 bridgehead atoms. The Hall–Kier alpha value is 0.140. The van der Waals surface area contributed by atoms with E-state index in [2.05, 4.69) is 31.9 Å². The van der Waals surface area contributed by atoms with E-state index in [1.165, 1.54) is 6.92 Å². The van der Waals surface area contributed by atoms with Crippen LogP contribution in [0.25, 0.3) is 0 Å². The number of ketones is 1. The summed E-state index contributed by atoms with van der Waals surface area (Å²) in [4.78, 5) is 11.0. The van der Waals surface area contributed by atoms with Gasteiger partial charge in [-0.15, -0.1) is 0 Å². The molecule has 0 spiro atoms. The van der Waals surface area contributed by atoms with Crippen LogP contribution in [0.3, 0.4) is 0 Å². The zero-order chi connectivity index (χ0) is 9.30. The third kappa shape index (κ3) is 1.90. The van der Waals surface area contributed by atoms with Crippen molar-refractivity contribution in [3.8, 4) is 0 Å². The lowest BCUT2D eigenvalue weighted by Crippen LogP contribution is -1.93. The first-order chi connectivity index (χ1) is 5.54. The van der Waals surface area contributed by atoms with E-state index >= 15 is 0 Å². The van der Waals surface area contributed by atoms with Crippen molar-refractivity contribution in [2.75, 3.05) is 0 Å². The minimum atomic E-state index is 0.0132. The van der Waals surface area contributed by atoms with Crippen molar-refractivity contribution < 1.29 is 4.79 Å². The molecule has 1 aromatic rings. The predicted molar refractivity (Wildman–Crippen MR) is 56.9 cm³/mol. The molecule has 0 aliphatic carbocycles. The molecule has 1 aromatic carbocycles. The van der Waals surface area contributed by atoms with Crippen molar-refractivity contribution in [3.05, 3.63) is 31.7 Å². The average molecular weight is 312 g/mol. The van der Waals surface area contributed by atoms with Gasteiger partial charge in [0.25, 0.3) is 0 Å². The van der Waals surface area contributed by atoms with Crippen molar-refractivity contribution in [3.63, 3.8) is 0 Å². The first-order valence-corrected chi connectivity index (χ1v) is 5.15. The van der Waals surface area contributed by atoms with Gasteiger partial charge in [0.05, 0.1) is 9.50 Å². The van der Waals surface area contributed by atoms with E-state index in [9.17, 15) is 4.79 Å². The Labute approximate surface area is 92.4 Å². The second-order valence-electron chi connectivity index (χ2n) is 2.28. The maximum atomic E-state index is 11.0. The fourth-order valence-corrected chi connectivity index (χ4v) is 2.04. The highest BCUT2D eigenvalue weighted by atomic mass is 79.9. The van der Waals surface area contributed by atoms with E-state index < -0.39 is 0 Å². The van der Waals surface area contributed by atoms with Gasteiger partial charge in [-0.05, 0) is 50.9 Å². The molecule has 0 aromatic heterocycles. The van der Waals surface area contributed by atoms with Crippen molar-refractivity contribution in [2.24, 2.45) is 0 Å². The molecule has 0 radical (unpaired) electrons. The van der Waals surface area contributed by atoms with Gasteiger partial charge in [0, 0.05) is 10.0 Å². The predicted octanol–water partition coefficient (Wildman–Crippen LogP) is 4.07. The van der Waals surface area contributed by atoms with Crippen molar-refractivity contribution >= 4 is 49.2 Å². The summed E-state index contributed by atoms with van der Waals surface area (Å²) >= 11 is 12.3. The molecule has 0 fully saturated rings. The summed E-state index contributed by atoms with van der Waals surface area (Å²) in [7, 11) is 0. The molecule has 0 aliphatic rings. The summed E-state index contributed by atoms with van der Waals surface area (Å²) < 4.78 is 1.43. The zero-order valence-electron chi connectivity index (χ0n) is 6.20. The summed E-state index contributed by atoms with van der Waals surface area (Å²) in [5.74, 6) is 0.0132. The molecule has 64 valence electrons. The quantitative estimate of drug-likeness (QED) is 0.564. The maximum Gasteiger partial charge on any atom is 0.160 e. The molecule has 0 atom stereocenters. The number of carbonyl (C=O) groups is 1. The third-order valence-electron chi connectivity index (χ3n) is 1.41. The SMILES string of the molecule is CC(=O)c1ccc(Cl)c(Br)c1Br. The highest BCUT2D eigenvalue weighted by Gasteiger charge is 2.10. The molecular formula is C8H5Br2ClO. The van der Waals surface area contributed by atoms with Crippen LogP contribution < -0.4 is 0 Å². The highest BCUT2D eigenvalue weighted by Crippen LogP contribution is 2.33. The van der Waals surface area contributed by atoms with Crippen LogP contribution in [0.5, 0.6) is 0 Å². The molecule has 0 unspecified atom stereocenters. The van der Waals surface area contributed by atoms with Crippen LogP contribution in [0, 0.1) is 0 Å². The Morgan fingerprint density at radius 3 is 2.42 bits per heavy atom. The largest absolute Gasteiger partial charge is 0.294 e. The Balaban J connectivity index is 3.36. The fraction of sp³-hybridized carbons (Fsp3) is 0.125. The molecule has 0 heterocycles. The van der Waals surface area contributed by atoms with Gasteiger partial charge in [-0.2, -0.15) is 0 Å². The molecule has 4 heteroatoms. The van der Waals surface area contributed by atoms with Crippen LogP contribution in [-0.2, 0) is 0 Å². The Kier molecular flexibility index (Phi) is 3.32. The van der Waals surface area contributed by atoms with E-state index in [0.717, 1.165) is 4.47 Å². The van der Waals surface area contributed by atoms with E-state index in [0.29, 0.717) is 15.1 Å². The van der Waals surface area contributed by atoms with Gasteiger partial charge in [0.15, 0.2) is 5.78 Å². The first kappa shape index (κ1) is 10.2. The van der Waals surface area contributed by atoms with Gasteiger partial charge in [0.1, 0.15) is 0 Å². The van der Waals surface area contributed by atoms with Gasteiger partial charge in [-0.3, -0.25) is 4.79 Å². The Bertz CT molecular complexity index is 336. The molecule has 12 heavy (non-hydrogen) atoms. The smallest absolute Gasteiger partial charge is 0.160 e. The number of hydrogen-bond donors (Lipinski definition) is 0. The van der Waals surface area contributed by atoms with Crippen molar-refractivity contribution in [1.82, 2.24) is 0 Å². The van der Waals surface area contributed by atoms with Crippen LogP contribution in [0.4, 0.5) is 0 Å². The standard InChI is InChI=1S/C8H5Br2ClO/c1-4(12)5-2-3-6(11)8(10)7(5)9/h2-3H,1H3. The third-order valence-corrected chi connectivity index (χ3v) is 4.14. The van der Waals surface area contributed by atoms with Gasteiger partial charge < -0.3 is 0 Å². The number of carbonyl (C=O) groups excluding carboxylic acids is 1. The monoisotopic (exact) mass is 310 g/mol. The van der Waals surface area contributed by atoms with E-state index in [1.54, 1.807) is 12.1 Å². The Morgan fingerprint density at radius 2 is 1.92 bits per heavy atom. The first-order valence-electron chi connectivity index (χ1n) is 3.18. The second-order valence-corrected chi connectivity index (χ2v) is 4.27. The molecular weight excluding hydrogens is 307 g/mol. The normalized spacial score (nSPS) is 10.0. The van der Waals surface area contributed by atoms with Crippen LogP contribution >= 0.6 is 43.5 Å². The molecule has 0 amide bonds. The lowest BCUT2D eigenvalue weighted by atomic mass is 10.1. The lowest BCUT2D eigenvalue weighted by Gasteiger charge is -2.03. The minimum Gasteiger partial charge on any atom is -0.294 e. The van der Waals surface area contributed by atoms with Crippen LogP contribution in [-0.4, -0.2) is 5.78 Å². The minimum absolute atomic E-state index is 0.0132. The summed E-state index contributed by atoms with van der Waals surface area (Å²) in [6, 6.07) is 3.38. The molecule has 0 saturated heterocycles. The van der Waals surface area contributed by atoms with Gasteiger partial charge in [0.2, 0.25) is 0 Å². The lowest BCUT2D eigenvalue weighted by molar-refractivity contribution is 0.101. The maximum absolute atomic E-state index is 11.0. The summed E-state index contributed by atoms with van der Waals surface area (Å²) in [6.45, 7) is 1.51. The number of benzene rings is 1. The number of Topliss-reactive ketones (excluding diaryl/α,β-unsaturated/α-hetero) is 1. The number of hydrogen-bond acceptors (Lipinski definition) is 1. The zero-order valence-corrected chi connectivity index (χ0v) is 10.1. The van der Waals surface area contributed by atoms with Crippen LogP contribution in [0.1, 0.15) is 17.3 Å². The van der Waals surface area contributed by atoms with Gasteiger partial charge in [-0.25, -0.2) is 0 Å². The molecule has 1 rings (SSSR count). The second kappa shape index (κ2) is 3.90. The topological polar surface area (TPSA) is 17.1 Å². The van der Waals surface area contributed by atoms with E-state index in [4.69, 9.17) is 11.6 Å². The number of halogens is 3. The summed E-state index contributed by atoms with van der Waals surface area (Å²) in [5.41, 5.74) is 0.631. The van der Waals surface area contributed by atoms with Crippen LogP contribution in [0.2, 0.25) is 5.02 Å². The molecule has 0 N–H and O–H groups in total. The summed E-state index contributed by atoms with van der Waals surface area (Å²) in [6.07, 6.45) is 0. The van der Waals surface area contributed by atoms with Crippen molar-refractivity contribution in [1.29, 1.82) is 0 Å².